The molecule has 216 valence electrons. The van der Waals surface area contributed by atoms with Gasteiger partial charge in [0.1, 0.15) is 29.5 Å². The molecule has 41 heavy (non-hydrogen) atoms. The topological polar surface area (TPSA) is 95.1 Å². The van der Waals surface area contributed by atoms with E-state index in [1.54, 1.807) is 19.2 Å². The van der Waals surface area contributed by atoms with Crippen LogP contribution in [0, 0.1) is 11.6 Å². The van der Waals surface area contributed by atoms with Gasteiger partial charge in [-0.2, -0.15) is 0 Å². The molecule has 5 rings (SSSR count). The number of nitrogens with one attached hydrogen (secondary N) is 2. The molecule has 0 radical (unpaired) electrons. The molecule has 2 N–H and O–H groups in total. The van der Waals surface area contributed by atoms with E-state index in [0.717, 1.165) is 31.3 Å². The lowest BCUT2D eigenvalue weighted by Gasteiger charge is -2.26. The molecule has 2 saturated heterocycles. The largest absolute Gasteiger partial charge is 0.494 e. The zero-order valence-corrected chi connectivity index (χ0v) is 23.2. The lowest BCUT2D eigenvalue weighted by atomic mass is 10.0. The molecule has 1 amide bonds. The van der Waals surface area contributed by atoms with Crippen LogP contribution in [-0.4, -0.2) is 67.7 Å². The Hall–Kier alpha value is -4.29. The number of methoxy groups -OCH3 is 1. The van der Waals surface area contributed by atoms with Gasteiger partial charge in [-0.15, -0.1) is 0 Å². The van der Waals surface area contributed by atoms with Gasteiger partial charge in [0.2, 0.25) is 5.91 Å². The van der Waals surface area contributed by atoms with Gasteiger partial charge in [-0.05, 0) is 38.7 Å². The van der Waals surface area contributed by atoms with Crippen LogP contribution in [0.15, 0.2) is 55.4 Å². The van der Waals surface area contributed by atoms with Gasteiger partial charge in [0.15, 0.2) is 5.82 Å². The van der Waals surface area contributed by atoms with Crippen LogP contribution in [0.25, 0.3) is 0 Å². The lowest BCUT2D eigenvalue weighted by Crippen LogP contribution is -2.31. The van der Waals surface area contributed by atoms with Gasteiger partial charge in [0.05, 0.1) is 36.8 Å². The van der Waals surface area contributed by atoms with E-state index in [0.29, 0.717) is 53.4 Å². The molecule has 12 heteroatoms. The number of aromatic nitrogens is 2. The Balaban J connectivity index is 1.44. The summed E-state index contributed by atoms with van der Waals surface area (Å²) in [6.45, 7) is 5.56. The maximum Gasteiger partial charge on any atom is 0.247 e. The van der Waals surface area contributed by atoms with Crippen molar-refractivity contribution in [3.05, 3.63) is 72.6 Å². The third-order valence-electron chi connectivity index (χ3n) is 7.36. The number of carbonyl (C=O) groups is 1. The fraction of sp³-hybridized carbons (Fsp3) is 0.345. The van der Waals surface area contributed by atoms with Gasteiger partial charge >= 0.3 is 0 Å². The lowest BCUT2D eigenvalue weighted by molar-refractivity contribution is -0.111. The molecule has 2 aliphatic heterocycles. The predicted octanol–water partition coefficient (Wildman–Crippen LogP) is 4.65. The molecule has 0 spiro atoms. The van der Waals surface area contributed by atoms with Crippen molar-refractivity contribution in [1.29, 1.82) is 0 Å². The summed E-state index contributed by atoms with van der Waals surface area (Å²) in [5.41, 5.74) is 2.31. The molecular weight excluding hydrogens is 532 g/mol. The first kappa shape index (κ1) is 28.2. The van der Waals surface area contributed by atoms with E-state index < -0.39 is 17.7 Å². The number of amides is 1. The van der Waals surface area contributed by atoms with Crippen LogP contribution in [-0.2, 0) is 9.63 Å². The third-order valence-corrected chi connectivity index (χ3v) is 7.36. The Morgan fingerprint density at radius 2 is 2.00 bits per heavy atom. The van der Waals surface area contributed by atoms with Gasteiger partial charge in [0.25, 0.3) is 0 Å². The van der Waals surface area contributed by atoms with Crippen LogP contribution < -0.4 is 25.3 Å². The van der Waals surface area contributed by atoms with E-state index >= 15 is 0 Å². The molecule has 0 unspecified atom stereocenters. The molecule has 3 aromatic rings. The number of benzene rings is 2. The van der Waals surface area contributed by atoms with Crippen molar-refractivity contribution < 1.29 is 23.1 Å². The second-order valence-corrected chi connectivity index (χ2v) is 10.1. The highest BCUT2D eigenvalue weighted by atomic mass is 19.1. The van der Waals surface area contributed by atoms with E-state index in [4.69, 9.17) is 9.57 Å². The van der Waals surface area contributed by atoms with E-state index in [2.05, 4.69) is 51.1 Å². The molecule has 1 aromatic heterocycles. The summed E-state index contributed by atoms with van der Waals surface area (Å²) in [4.78, 5) is 31.2. The highest BCUT2D eigenvalue weighted by molar-refractivity contribution is 6.02. The normalized spacial score (nSPS) is 18.6. The summed E-state index contributed by atoms with van der Waals surface area (Å²) in [7, 11) is 5.69. The minimum atomic E-state index is -0.647. The number of likely N-dealkylation sites (N-methyl/N-ethyl adjacent to an activating group) is 1. The van der Waals surface area contributed by atoms with Crippen molar-refractivity contribution in [3.8, 4) is 5.75 Å². The Morgan fingerprint density at radius 1 is 1.17 bits per heavy atom. The predicted molar refractivity (Wildman–Crippen MR) is 154 cm³/mol. The van der Waals surface area contributed by atoms with Gasteiger partial charge in [0, 0.05) is 49.3 Å². The number of anilines is 5. The summed E-state index contributed by atoms with van der Waals surface area (Å²) >= 11 is 0. The van der Waals surface area contributed by atoms with Crippen LogP contribution in [0.4, 0.5) is 37.5 Å². The maximum absolute atomic E-state index is 14.6. The average Bonchev–Trinajstić information content (AvgIpc) is 3.64. The van der Waals surface area contributed by atoms with Crippen LogP contribution in [0.2, 0.25) is 0 Å². The van der Waals surface area contributed by atoms with Crippen molar-refractivity contribution >= 4 is 34.6 Å². The second-order valence-electron chi connectivity index (χ2n) is 10.1. The molecule has 2 aromatic carbocycles. The number of carbonyl (C=O) groups excluding carboxylic acids is 1. The number of rotatable bonds is 9. The van der Waals surface area contributed by atoms with Crippen molar-refractivity contribution in [2.24, 2.45) is 0 Å². The number of hydroxylamine groups is 1. The van der Waals surface area contributed by atoms with Crippen molar-refractivity contribution in [2.45, 2.75) is 24.9 Å². The maximum atomic E-state index is 14.6. The van der Waals surface area contributed by atoms with Crippen LogP contribution in [0.5, 0.6) is 5.75 Å². The first-order valence-corrected chi connectivity index (χ1v) is 13.3. The zero-order valence-electron chi connectivity index (χ0n) is 23.2. The fourth-order valence-corrected chi connectivity index (χ4v) is 5.19. The minimum absolute atomic E-state index is 0.315. The Kier molecular flexibility index (Phi) is 8.31. The zero-order chi connectivity index (χ0) is 29.1. The van der Waals surface area contributed by atoms with E-state index in [1.807, 2.05) is 6.07 Å². The van der Waals surface area contributed by atoms with Crippen molar-refractivity contribution in [2.75, 3.05) is 61.5 Å². The number of hydrogen-bond acceptors (Lipinski definition) is 9. The number of halogens is 2. The summed E-state index contributed by atoms with van der Waals surface area (Å²) in [6.07, 6.45) is 4.09. The SMILES string of the molecule is C=CC(=O)Nc1cc(Nc2cc(N3OCC[C@@H]3c3ccc(F)cc3F)ncn2)c(OC)cc1N1CC[C@@H](N(C)C)C1. The number of hydrogen-bond donors (Lipinski definition) is 2. The second kappa shape index (κ2) is 12.1. The molecular formula is C29H33F2N7O3. The Morgan fingerprint density at radius 3 is 2.71 bits per heavy atom. The van der Waals surface area contributed by atoms with Crippen LogP contribution >= 0.6 is 0 Å². The first-order valence-electron chi connectivity index (χ1n) is 13.3. The van der Waals surface area contributed by atoms with Crippen molar-refractivity contribution in [1.82, 2.24) is 14.9 Å². The van der Waals surface area contributed by atoms with E-state index in [1.165, 1.54) is 29.6 Å². The molecule has 2 fully saturated rings. The van der Waals surface area contributed by atoms with E-state index in [-0.39, 0.29) is 5.91 Å². The highest BCUT2D eigenvalue weighted by Crippen LogP contribution is 2.41. The molecule has 0 bridgehead atoms. The summed E-state index contributed by atoms with van der Waals surface area (Å²) in [5.74, 6) is -0.252. The summed E-state index contributed by atoms with van der Waals surface area (Å²) in [5, 5.41) is 7.68. The van der Waals surface area contributed by atoms with Crippen LogP contribution in [0.1, 0.15) is 24.4 Å². The molecule has 0 saturated carbocycles. The Labute approximate surface area is 237 Å². The van der Waals surface area contributed by atoms with E-state index in [9.17, 15) is 13.6 Å². The molecule has 2 aliphatic rings. The van der Waals surface area contributed by atoms with Crippen molar-refractivity contribution in [3.63, 3.8) is 0 Å². The number of ether oxygens (including phenoxy) is 1. The van der Waals surface area contributed by atoms with Gasteiger partial charge in [-0.1, -0.05) is 12.6 Å². The van der Waals surface area contributed by atoms with Gasteiger partial charge < -0.3 is 25.2 Å². The summed E-state index contributed by atoms with van der Waals surface area (Å²) in [6, 6.07) is 8.76. The van der Waals surface area contributed by atoms with Gasteiger partial charge in [-0.25, -0.2) is 23.8 Å². The standard InChI is InChI=1S/C29H33F2N7O3/c1-5-29(39)35-22-13-23(26(40-4)14-25(22)37-10-8-19(16-37)36(2)3)34-27-15-28(33-17-32-27)38-24(9-11-41-38)20-7-6-18(30)12-21(20)31/h5-7,12-15,17,19,24H,1,8-11,16H2,2-4H3,(H,35,39)(H,32,33,34)/t19-,24-/m1/s1. The first-order chi connectivity index (χ1) is 19.8. The molecule has 0 aliphatic carbocycles. The van der Waals surface area contributed by atoms with Gasteiger partial charge in [-0.3, -0.25) is 9.63 Å². The fourth-order valence-electron chi connectivity index (χ4n) is 5.19. The average molecular weight is 566 g/mol. The highest BCUT2D eigenvalue weighted by Gasteiger charge is 2.32. The molecule has 2 atom stereocenters. The monoisotopic (exact) mass is 565 g/mol. The molecule has 10 nitrogen and oxygen atoms in total. The smallest absolute Gasteiger partial charge is 0.247 e. The third kappa shape index (κ3) is 6.08. The van der Waals surface area contributed by atoms with Crippen LogP contribution in [0.3, 0.4) is 0 Å². The minimum Gasteiger partial charge on any atom is -0.494 e. The summed E-state index contributed by atoms with van der Waals surface area (Å²) < 4.78 is 33.8. The molecule has 3 heterocycles. The Bertz CT molecular complexity index is 1440. The quantitative estimate of drug-likeness (QED) is 0.360. The number of nitrogens with zero attached hydrogens (tertiary/aromatic N) is 5.